The minimum atomic E-state index is -3.39. The second-order valence-electron chi connectivity index (χ2n) is 2.87. The first kappa shape index (κ1) is 13.8. The minimum Gasteiger partial charge on any atom is -0.213 e. The van der Waals surface area contributed by atoms with Crippen LogP contribution in [-0.2, 0) is 20.0 Å². The van der Waals surface area contributed by atoms with Gasteiger partial charge in [0.15, 0.2) is 0 Å². The van der Waals surface area contributed by atoms with E-state index in [0.717, 1.165) is 6.26 Å². The molecule has 2 N–H and O–H groups in total. The lowest BCUT2D eigenvalue weighted by atomic mass is 10.4. The van der Waals surface area contributed by atoms with Crippen LogP contribution in [0.4, 0.5) is 0 Å². The van der Waals surface area contributed by atoms with Gasteiger partial charge in [-0.3, -0.25) is 0 Å². The zero-order valence-corrected chi connectivity index (χ0v) is 10.1. The van der Waals surface area contributed by atoms with E-state index in [0.29, 0.717) is 6.42 Å². The maximum atomic E-state index is 11.1. The maximum Gasteiger partial charge on any atom is 0.212 e. The fourth-order valence-corrected chi connectivity index (χ4v) is 2.39. The summed E-state index contributed by atoms with van der Waals surface area (Å²) < 4.78 is 48.3. The molecule has 0 aliphatic carbocycles. The second-order valence-corrected chi connectivity index (χ2v) is 6.69. The van der Waals surface area contributed by atoms with Gasteiger partial charge in [0.1, 0.15) is 0 Å². The largest absolute Gasteiger partial charge is 0.213 e. The number of rotatable bonds is 6. The topological polar surface area (TPSA) is 92.3 Å². The van der Waals surface area contributed by atoms with E-state index < -0.39 is 26.2 Å². The monoisotopic (exact) mass is 244 g/mol. The first-order valence-electron chi connectivity index (χ1n) is 4.17. The van der Waals surface area contributed by atoms with E-state index >= 15 is 0 Å². The van der Waals surface area contributed by atoms with Crippen molar-refractivity contribution in [2.45, 2.75) is 26.4 Å². The molecule has 0 aromatic rings. The Morgan fingerprint density at radius 1 is 1.07 bits per heavy atom. The molecule has 0 rings (SSSR count). The van der Waals surface area contributed by atoms with Crippen LogP contribution >= 0.6 is 0 Å². The molecule has 0 saturated heterocycles. The van der Waals surface area contributed by atoms with Crippen molar-refractivity contribution in [1.82, 2.24) is 9.44 Å². The van der Waals surface area contributed by atoms with Gasteiger partial charge in [-0.25, -0.2) is 16.8 Å². The van der Waals surface area contributed by atoms with Crippen molar-refractivity contribution in [2.75, 3.05) is 12.0 Å². The highest BCUT2D eigenvalue weighted by Gasteiger charge is 2.17. The second kappa shape index (κ2) is 5.06. The SMILES string of the molecule is CCC(NS(C)(=O)=O)NS(=O)(=O)CC. The smallest absolute Gasteiger partial charge is 0.212 e. The summed E-state index contributed by atoms with van der Waals surface area (Å²) in [7, 11) is -6.77. The molecule has 1 unspecified atom stereocenters. The Hall–Kier alpha value is -0.180. The lowest BCUT2D eigenvalue weighted by molar-refractivity contribution is 0.510. The lowest BCUT2D eigenvalue weighted by Crippen LogP contribution is -2.47. The third-order valence-corrected chi connectivity index (χ3v) is 3.58. The average molecular weight is 244 g/mol. The summed E-state index contributed by atoms with van der Waals surface area (Å²) in [6.07, 6.45) is 0.567. The van der Waals surface area contributed by atoms with Gasteiger partial charge in [-0.05, 0) is 13.3 Å². The van der Waals surface area contributed by atoms with Gasteiger partial charge in [0.25, 0.3) is 0 Å². The summed E-state index contributed by atoms with van der Waals surface area (Å²) in [6, 6.07) is 0. The summed E-state index contributed by atoms with van der Waals surface area (Å²) in [6.45, 7) is 3.16. The van der Waals surface area contributed by atoms with Gasteiger partial charge in [0, 0.05) is 0 Å². The van der Waals surface area contributed by atoms with Crippen LogP contribution in [0, 0.1) is 0 Å². The Bertz CT molecular complexity index is 359. The van der Waals surface area contributed by atoms with Crippen molar-refractivity contribution in [2.24, 2.45) is 0 Å². The van der Waals surface area contributed by atoms with Crippen molar-refractivity contribution in [3.05, 3.63) is 0 Å². The van der Waals surface area contributed by atoms with Gasteiger partial charge in [-0.2, -0.15) is 9.44 Å². The highest BCUT2D eigenvalue weighted by molar-refractivity contribution is 7.90. The Morgan fingerprint density at radius 3 is 1.86 bits per heavy atom. The standard InChI is InChI=1S/C6H16N2O4S2/c1-4-6(7-13(3,9)10)8-14(11,12)5-2/h6-8H,4-5H2,1-3H3. The average Bonchev–Trinajstić information content (AvgIpc) is 2.00. The van der Waals surface area contributed by atoms with E-state index in [9.17, 15) is 16.8 Å². The molecule has 0 radical (unpaired) electrons. The van der Waals surface area contributed by atoms with Crippen LogP contribution in [0.3, 0.4) is 0 Å². The fraction of sp³-hybridized carbons (Fsp3) is 1.00. The molecule has 0 saturated carbocycles. The first-order chi connectivity index (χ1) is 6.20. The van der Waals surface area contributed by atoms with Crippen LogP contribution < -0.4 is 9.44 Å². The van der Waals surface area contributed by atoms with Crippen LogP contribution in [0.2, 0.25) is 0 Å². The van der Waals surface area contributed by atoms with Crippen molar-refractivity contribution in [1.29, 1.82) is 0 Å². The van der Waals surface area contributed by atoms with Crippen LogP contribution in [0.15, 0.2) is 0 Å². The highest BCUT2D eigenvalue weighted by Crippen LogP contribution is 1.93. The zero-order chi connectivity index (χ0) is 11.4. The summed E-state index contributed by atoms with van der Waals surface area (Å²) in [4.78, 5) is 0. The normalized spacial score (nSPS) is 15.4. The van der Waals surface area contributed by atoms with Crippen molar-refractivity contribution in [3.8, 4) is 0 Å². The molecule has 0 aromatic heterocycles. The van der Waals surface area contributed by atoms with E-state index in [-0.39, 0.29) is 5.75 Å². The number of hydrogen-bond acceptors (Lipinski definition) is 4. The van der Waals surface area contributed by atoms with Crippen molar-refractivity contribution < 1.29 is 16.8 Å². The Kier molecular flexibility index (Phi) is 4.99. The van der Waals surface area contributed by atoms with Gasteiger partial charge in [0.05, 0.1) is 18.2 Å². The molecule has 0 aliphatic heterocycles. The fourth-order valence-electron chi connectivity index (χ4n) is 0.749. The summed E-state index contributed by atoms with van der Waals surface area (Å²) >= 11 is 0. The Balaban J connectivity index is 4.47. The Labute approximate surface area is 85.2 Å². The molecule has 0 aromatic carbocycles. The van der Waals surface area contributed by atoms with E-state index in [2.05, 4.69) is 9.44 Å². The van der Waals surface area contributed by atoms with Gasteiger partial charge in [-0.15, -0.1) is 0 Å². The van der Waals surface area contributed by atoms with Gasteiger partial charge >= 0.3 is 0 Å². The quantitative estimate of drug-likeness (QED) is 0.599. The minimum absolute atomic E-state index is 0.0745. The van der Waals surface area contributed by atoms with E-state index in [4.69, 9.17) is 0 Å². The third kappa shape index (κ3) is 6.30. The van der Waals surface area contributed by atoms with Crippen LogP contribution in [0.5, 0.6) is 0 Å². The first-order valence-corrected chi connectivity index (χ1v) is 7.72. The molecule has 0 bridgehead atoms. The molecule has 0 heterocycles. The molecule has 0 aliphatic rings. The third-order valence-electron chi connectivity index (χ3n) is 1.47. The van der Waals surface area contributed by atoms with Gasteiger partial charge in [-0.1, -0.05) is 6.92 Å². The molecule has 0 spiro atoms. The molecule has 0 fully saturated rings. The molecule has 14 heavy (non-hydrogen) atoms. The van der Waals surface area contributed by atoms with Crippen LogP contribution in [0.1, 0.15) is 20.3 Å². The summed E-state index contributed by atoms with van der Waals surface area (Å²) in [5.41, 5.74) is 0. The van der Waals surface area contributed by atoms with Gasteiger partial charge in [0.2, 0.25) is 20.0 Å². The summed E-state index contributed by atoms with van der Waals surface area (Å²) in [5.74, 6) is -0.0745. The number of nitrogens with one attached hydrogen (secondary N) is 2. The molecular formula is C6H16N2O4S2. The molecule has 8 heteroatoms. The van der Waals surface area contributed by atoms with Crippen LogP contribution in [-0.4, -0.2) is 35.0 Å². The lowest BCUT2D eigenvalue weighted by Gasteiger charge is -2.16. The maximum absolute atomic E-state index is 11.1. The van der Waals surface area contributed by atoms with E-state index in [1.54, 1.807) is 6.92 Å². The molecular weight excluding hydrogens is 228 g/mol. The van der Waals surface area contributed by atoms with Crippen molar-refractivity contribution >= 4 is 20.0 Å². The van der Waals surface area contributed by atoms with Gasteiger partial charge < -0.3 is 0 Å². The van der Waals surface area contributed by atoms with E-state index in [1.807, 2.05) is 0 Å². The molecule has 0 amide bonds. The van der Waals surface area contributed by atoms with Crippen molar-refractivity contribution in [3.63, 3.8) is 0 Å². The highest BCUT2D eigenvalue weighted by atomic mass is 32.2. The van der Waals surface area contributed by atoms with Crippen LogP contribution in [0.25, 0.3) is 0 Å². The molecule has 6 nitrogen and oxygen atoms in total. The Morgan fingerprint density at radius 2 is 1.57 bits per heavy atom. The van der Waals surface area contributed by atoms with E-state index in [1.165, 1.54) is 6.92 Å². The zero-order valence-electron chi connectivity index (χ0n) is 8.44. The summed E-state index contributed by atoms with van der Waals surface area (Å²) in [5, 5.41) is 0. The molecule has 1 atom stereocenters. The number of sulfonamides is 2. The number of hydrogen-bond donors (Lipinski definition) is 2. The predicted molar refractivity (Wildman–Crippen MR) is 54.7 cm³/mol. The predicted octanol–water partition coefficient (Wildman–Crippen LogP) is -0.789. The molecule has 86 valence electrons.